The fourth-order valence-corrected chi connectivity index (χ4v) is 1.68. The lowest BCUT2D eigenvalue weighted by atomic mass is 10.1. The minimum Gasteiger partial charge on any atom is -0.481 e. The molecule has 1 aromatic heterocycles. The molecule has 1 atom stereocenters. The summed E-state index contributed by atoms with van der Waals surface area (Å²) in [6.45, 7) is 6.46. The molecule has 0 saturated carbocycles. The third-order valence-electron chi connectivity index (χ3n) is 2.89. The number of nitrogens with two attached hydrogens (primary N) is 1. The fourth-order valence-electron chi connectivity index (χ4n) is 1.68. The summed E-state index contributed by atoms with van der Waals surface area (Å²) in [5.74, 6) is 0.922. The van der Waals surface area contributed by atoms with Gasteiger partial charge in [0.25, 0.3) is 0 Å². The first-order chi connectivity index (χ1) is 8.56. The second kappa shape index (κ2) is 6.96. The molecule has 0 fully saturated rings. The maximum atomic E-state index is 7.43. The van der Waals surface area contributed by atoms with Crippen LogP contribution in [-0.2, 0) is 6.54 Å². The van der Waals surface area contributed by atoms with Gasteiger partial charge in [0.2, 0.25) is 5.88 Å². The summed E-state index contributed by atoms with van der Waals surface area (Å²) in [5, 5.41) is 7.43. The van der Waals surface area contributed by atoms with Crippen LogP contribution in [0.3, 0.4) is 0 Å². The summed E-state index contributed by atoms with van der Waals surface area (Å²) in [4.78, 5) is 6.60. The standard InChI is InChI=1S/C13H22N4O/c1-4-17(8-10(2)13(14)15)9-11-6-5-7-12(16-11)18-3/h5-7,10H,4,8-9H2,1-3H3,(H3,14,15). The minimum absolute atomic E-state index is 0.0653. The molecule has 0 aliphatic carbocycles. The molecule has 1 unspecified atom stereocenters. The minimum atomic E-state index is 0.0653. The van der Waals surface area contributed by atoms with E-state index >= 15 is 0 Å². The highest BCUT2D eigenvalue weighted by atomic mass is 16.5. The van der Waals surface area contributed by atoms with Crippen LogP contribution in [0.1, 0.15) is 19.5 Å². The Labute approximate surface area is 108 Å². The van der Waals surface area contributed by atoms with Gasteiger partial charge in [-0.05, 0) is 12.6 Å². The summed E-state index contributed by atoms with van der Waals surface area (Å²) in [6, 6.07) is 5.74. The molecule has 1 rings (SSSR count). The summed E-state index contributed by atoms with van der Waals surface area (Å²) in [5.41, 5.74) is 6.46. The van der Waals surface area contributed by atoms with Gasteiger partial charge in [0, 0.05) is 25.1 Å². The SMILES string of the molecule is CCN(Cc1cccc(OC)n1)CC(C)C(=N)N. The lowest BCUT2D eigenvalue weighted by Crippen LogP contribution is -2.34. The van der Waals surface area contributed by atoms with E-state index in [9.17, 15) is 0 Å². The molecule has 18 heavy (non-hydrogen) atoms. The Kier molecular flexibility index (Phi) is 5.58. The Morgan fingerprint density at radius 2 is 2.28 bits per heavy atom. The second-order valence-corrected chi connectivity index (χ2v) is 4.36. The zero-order valence-electron chi connectivity index (χ0n) is 11.3. The average molecular weight is 250 g/mol. The lowest BCUT2D eigenvalue weighted by Gasteiger charge is -2.23. The van der Waals surface area contributed by atoms with E-state index in [4.69, 9.17) is 15.9 Å². The molecule has 5 heteroatoms. The second-order valence-electron chi connectivity index (χ2n) is 4.36. The van der Waals surface area contributed by atoms with E-state index in [-0.39, 0.29) is 11.8 Å². The van der Waals surface area contributed by atoms with Gasteiger partial charge in [-0.25, -0.2) is 4.98 Å². The number of pyridine rings is 1. The number of nitrogens with zero attached hydrogens (tertiary/aromatic N) is 2. The number of amidine groups is 1. The molecule has 3 N–H and O–H groups in total. The first-order valence-corrected chi connectivity index (χ1v) is 6.13. The smallest absolute Gasteiger partial charge is 0.213 e. The van der Waals surface area contributed by atoms with E-state index in [2.05, 4.69) is 16.8 Å². The quantitative estimate of drug-likeness (QED) is 0.568. The normalized spacial score (nSPS) is 12.4. The summed E-state index contributed by atoms with van der Waals surface area (Å²) < 4.78 is 5.11. The van der Waals surface area contributed by atoms with Crippen LogP contribution in [0.15, 0.2) is 18.2 Å². The van der Waals surface area contributed by atoms with Crippen molar-refractivity contribution in [2.75, 3.05) is 20.2 Å². The van der Waals surface area contributed by atoms with Crippen molar-refractivity contribution in [3.63, 3.8) is 0 Å². The number of nitrogens with one attached hydrogen (secondary N) is 1. The molecule has 0 radical (unpaired) electrons. The van der Waals surface area contributed by atoms with Crippen LogP contribution in [0.25, 0.3) is 0 Å². The van der Waals surface area contributed by atoms with Crippen molar-refractivity contribution in [3.8, 4) is 5.88 Å². The van der Waals surface area contributed by atoms with Gasteiger partial charge in [0.15, 0.2) is 0 Å². The van der Waals surface area contributed by atoms with Crippen molar-refractivity contribution in [1.82, 2.24) is 9.88 Å². The van der Waals surface area contributed by atoms with Crippen LogP contribution < -0.4 is 10.5 Å². The van der Waals surface area contributed by atoms with Gasteiger partial charge in [0.05, 0.1) is 18.6 Å². The third kappa shape index (κ3) is 4.33. The zero-order chi connectivity index (χ0) is 13.5. The van der Waals surface area contributed by atoms with E-state index in [1.54, 1.807) is 7.11 Å². The summed E-state index contributed by atoms with van der Waals surface area (Å²) in [7, 11) is 1.61. The maximum Gasteiger partial charge on any atom is 0.213 e. The Balaban J connectivity index is 2.64. The zero-order valence-corrected chi connectivity index (χ0v) is 11.3. The molecule has 0 aromatic carbocycles. The monoisotopic (exact) mass is 250 g/mol. The van der Waals surface area contributed by atoms with Crippen LogP contribution in [0.5, 0.6) is 5.88 Å². The molecule has 0 aliphatic rings. The van der Waals surface area contributed by atoms with Crippen molar-refractivity contribution < 1.29 is 4.74 Å². The molecular weight excluding hydrogens is 228 g/mol. The molecule has 0 aliphatic heterocycles. The molecule has 100 valence electrons. The Hall–Kier alpha value is -1.62. The van der Waals surface area contributed by atoms with Crippen molar-refractivity contribution in [3.05, 3.63) is 23.9 Å². The topological polar surface area (TPSA) is 75.2 Å². The highest BCUT2D eigenvalue weighted by molar-refractivity contribution is 5.79. The van der Waals surface area contributed by atoms with Crippen LogP contribution in [0.4, 0.5) is 0 Å². The van der Waals surface area contributed by atoms with E-state index < -0.39 is 0 Å². The van der Waals surface area contributed by atoms with Gasteiger partial charge in [-0.1, -0.05) is 19.9 Å². The van der Waals surface area contributed by atoms with Crippen LogP contribution in [0, 0.1) is 11.3 Å². The number of ether oxygens (including phenoxy) is 1. The predicted molar refractivity (Wildman–Crippen MR) is 72.8 cm³/mol. The van der Waals surface area contributed by atoms with Crippen LogP contribution in [0.2, 0.25) is 0 Å². The van der Waals surface area contributed by atoms with E-state index in [0.717, 1.165) is 25.3 Å². The largest absolute Gasteiger partial charge is 0.481 e. The van der Waals surface area contributed by atoms with Gasteiger partial charge in [-0.2, -0.15) is 0 Å². The molecule has 1 aromatic rings. The Morgan fingerprint density at radius 3 is 2.83 bits per heavy atom. The number of rotatable bonds is 7. The lowest BCUT2D eigenvalue weighted by molar-refractivity contribution is 0.259. The molecule has 5 nitrogen and oxygen atoms in total. The first kappa shape index (κ1) is 14.4. The fraction of sp³-hybridized carbons (Fsp3) is 0.538. The predicted octanol–water partition coefficient (Wildman–Crippen LogP) is 1.48. The third-order valence-corrected chi connectivity index (χ3v) is 2.89. The molecule has 0 bridgehead atoms. The molecule has 1 heterocycles. The Bertz CT molecular complexity index is 394. The van der Waals surface area contributed by atoms with E-state index in [1.165, 1.54) is 0 Å². The first-order valence-electron chi connectivity index (χ1n) is 6.13. The molecule has 0 saturated heterocycles. The highest BCUT2D eigenvalue weighted by Gasteiger charge is 2.12. The van der Waals surface area contributed by atoms with Gasteiger partial charge in [0.1, 0.15) is 0 Å². The van der Waals surface area contributed by atoms with Gasteiger partial charge >= 0.3 is 0 Å². The summed E-state index contributed by atoms with van der Waals surface area (Å²) >= 11 is 0. The van der Waals surface area contributed by atoms with Crippen molar-refractivity contribution in [2.45, 2.75) is 20.4 Å². The van der Waals surface area contributed by atoms with Gasteiger partial charge < -0.3 is 10.5 Å². The van der Waals surface area contributed by atoms with Crippen LogP contribution >= 0.6 is 0 Å². The van der Waals surface area contributed by atoms with Crippen molar-refractivity contribution >= 4 is 5.84 Å². The molecular formula is C13H22N4O. The van der Waals surface area contributed by atoms with E-state index in [0.29, 0.717) is 5.88 Å². The number of hydrogen-bond donors (Lipinski definition) is 2. The van der Waals surface area contributed by atoms with Gasteiger partial charge in [-0.3, -0.25) is 10.3 Å². The van der Waals surface area contributed by atoms with Crippen LogP contribution in [-0.4, -0.2) is 35.9 Å². The number of methoxy groups -OCH3 is 1. The Morgan fingerprint density at radius 1 is 1.56 bits per heavy atom. The van der Waals surface area contributed by atoms with E-state index in [1.807, 2.05) is 25.1 Å². The maximum absolute atomic E-state index is 7.43. The number of hydrogen-bond acceptors (Lipinski definition) is 4. The highest BCUT2D eigenvalue weighted by Crippen LogP contribution is 2.10. The van der Waals surface area contributed by atoms with Crippen molar-refractivity contribution in [1.29, 1.82) is 5.41 Å². The summed E-state index contributed by atoms with van der Waals surface area (Å²) in [6.07, 6.45) is 0. The molecule has 0 spiro atoms. The van der Waals surface area contributed by atoms with Crippen molar-refractivity contribution in [2.24, 2.45) is 11.7 Å². The molecule has 0 amide bonds. The number of aromatic nitrogens is 1. The average Bonchev–Trinajstić information content (AvgIpc) is 2.37. The van der Waals surface area contributed by atoms with Gasteiger partial charge in [-0.15, -0.1) is 0 Å².